The number of carbonyl (C=O) groups excluding carboxylic acids is 3. The van der Waals surface area contributed by atoms with Gasteiger partial charge in [-0.15, -0.1) is 0 Å². The molecule has 0 aliphatic rings. The smallest absolute Gasteiger partial charge is 0.326 e. The predicted octanol–water partition coefficient (Wildman–Crippen LogP) is -1.80. The van der Waals surface area contributed by atoms with E-state index in [0.29, 0.717) is 5.69 Å². The molecule has 0 aliphatic heterocycles. The van der Waals surface area contributed by atoms with Gasteiger partial charge in [-0.2, -0.15) is 0 Å². The van der Waals surface area contributed by atoms with Crippen LogP contribution in [-0.4, -0.2) is 85.1 Å². The number of aromatic amines is 1. The lowest BCUT2D eigenvalue weighted by molar-refractivity contribution is -0.144. The molecule has 1 rings (SSSR count). The number of carboxylic acids is 3. The number of aromatic nitrogens is 2. The van der Waals surface area contributed by atoms with Crippen molar-refractivity contribution in [2.24, 2.45) is 11.7 Å². The lowest BCUT2D eigenvalue weighted by atomic mass is 10.0. The third kappa shape index (κ3) is 10.9. The highest BCUT2D eigenvalue weighted by Gasteiger charge is 2.32. The maximum atomic E-state index is 13.0. The summed E-state index contributed by atoms with van der Waals surface area (Å²) >= 11 is 0. The maximum absolute atomic E-state index is 13.0. The van der Waals surface area contributed by atoms with Gasteiger partial charge in [-0.05, 0) is 18.8 Å². The van der Waals surface area contributed by atoms with Crippen molar-refractivity contribution in [2.75, 3.05) is 0 Å². The third-order valence-corrected chi connectivity index (χ3v) is 4.95. The number of nitrogens with zero attached hydrogens (tertiary/aromatic N) is 1. The summed E-state index contributed by atoms with van der Waals surface area (Å²) in [5.41, 5.74) is 6.11. The molecule has 1 aromatic rings. The lowest BCUT2D eigenvalue weighted by Gasteiger charge is -2.24. The first-order valence-corrected chi connectivity index (χ1v) is 11.1. The SMILES string of the molecule is CC(C)CC(NC(=O)C(CC(=O)O)NC(=O)C(Cc1cnc[nH]1)NC(=O)C(N)CCC(=O)O)C(=O)O. The summed E-state index contributed by atoms with van der Waals surface area (Å²) < 4.78 is 0. The molecule has 9 N–H and O–H groups in total. The number of carbonyl (C=O) groups is 6. The van der Waals surface area contributed by atoms with Crippen molar-refractivity contribution in [3.63, 3.8) is 0 Å². The van der Waals surface area contributed by atoms with E-state index in [9.17, 15) is 39.0 Å². The van der Waals surface area contributed by atoms with Crippen molar-refractivity contribution in [1.29, 1.82) is 0 Å². The minimum Gasteiger partial charge on any atom is -0.481 e. The number of nitrogens with one attached hydrogen (secondary N) is 4. The zero-order valence-electron chi connectivity index (χ0n) is 19.9. The number of hydrogen-bond acceptors (Lipinski definition) is 8. The Kier molecular flexibility index (Phi) is 12.0. The van der Waals surface area contributed by atoms with Gasteiger partial charge in [0.1, 0.15) is 18.1 Å². The number of imidazole rings is 1. The van der Waals surface area contributed by atoms with E-state index in [1.54, 1.807) is 13.8 Å². The highest BCUT2D eigenvalue weighted by molar-refractivity contribution is 5.95. The highest BCUT2D eigenvalue weighted by atomic mass is 16.4. The first kappa shape index (κ1) is 30.0. The van der Waals surface area contributed by atoms with Gasteiger partial charge in [0.05, 0.1) is 18.8 Å². The summed E-state index contributed by atoms with van der Waals surface area (Å²) in [4.78, 5) is 78.2. The fourth-order valence-electron chi connectivity index (χ4n) is 3.14. The van der Waals surface area contributed by atoms with Crippen molar-refractivity contribution in [1.82, 2.24) is 25.9 Å². The number of amides is 3. The number of hydrogen-bond donors (Lipinski definition) is 8. The van der Waals surface area contributed by atoms with E-state index in [0.717, 1.165) is 0 Å². The fraction of sp³-hybridized carbons (Fsp3) is 0.571. The Bertz CT molecular complexity index is 934. The van der Waals surface area contributed by atoms with Gasteiger partial charge >= 0.3 is 17.9 Å². The summed E-state index contributed by atoms with van der Waals surface area (Å²) in [5.74, 6) is -6.82. The summed E-state index contributed by atoms with van der Waals surface area (Å²) in [6, 6.07) is -5.54. The van der Waals surface area contributed by atoms with Crippen molar-refractivity contribution in [2.45, 2.75) is 70.1 Å². The first-order chi connectivity index (χ1) is 16.8. The van der Waals surface area contributed by atoms with Crippen LogP contribution in [0.15, 0.2) is 12.5 Å². The summed E-state index contributed by atoms with van der Waals surface area (Å²) in [6.45, 7) is 3.48. The van der Waals surface area contributed by atoms with E-state index < -0.39 is 66.2 Å². The number of carboxylic acid groups (broad SMARTS) is 3. The second-order valence-corrected chi connectivity index (χ2v) is 8.57. The van der Waals surface area contributed by atoms with Crippen LogP contribution in [0.4, 0.5) is 0 Å². The summed E-state index contributed by atoms with van der Waals surface area (Å²) in [6.07, 6.45) is 1.20. The molecule has 0 fully saturated rings. The average molecular weight is 513 g/mol. The summed E-state index contributed by atoms with van der Waals surface area (Å²) in [7, 11) is 0. The Morgan fingerprint density at radius 3 is 2.00 bits per heavy atom. The van der Waals surface area contributed by atoms with Gasteiger partial charge in [0.25, 0.3) is 0 Å². The Labute approximate surface area is 206 Å². The molecule has 0 bridgehead atoms. The number of H-pyrrole nitrogens is 1. The quantitative estimate of drug-likeness (QED) is 0.123. The monoisotopic (exact) mass is 512 g/mol. The molecule has 36 heavy (non-hydrogen) atoms. The van der Waals surface area contributed by atoms with Crippen LogP contribution in [0.2, 0.25) is 0 Å². The molecule has 0 radical (unpaired) electrons. The minimum atomic E-state index is -1.65. The molecular formula is C21H32N6O9. The normalized spacial score (nSPS) is 14.2. The van der Waals surface area contributed by atoms with Crippen LogP contribution in [0.1, 0.15) is 45.2 Å². The van der Waals surface area contributed by atoms with Crippen LogP contribution in [0, 0.1) is 5.92 Å². The van der Waals surface area contributed by atoms with E-state index in [1.165, 1.54) is 12.5 Å². The van der Waals surface area contributed by atoms with Gasteiger partial charge in [0.15, 0.2) is 0 Å². The van der Waals surface area contributed by atoms with Gasteiger partial charge in [-0.3, -0.25) is 24.0 Å². The molecule has 0 saturated carbocycles. The van der Waals surface area contributed by atoms with E-state index in [-0.39, 0.29) is 31.6 Å². The number of rotatable bonds is 16. The largest absolute Gasteiger partial charge is 0.481 e. The molecular weight excluding hydrogens is 480 g/mol. The molecule has 0 aromatic carbocycles. The summed E-state index contributed by atoms with van der Waals surface area (Å²) in [5, 5.41) is 34.2. The van der Waals surface area contributed by atoms with Crippen LogP contribution in [0.5, 0.6) is 0 Å². The molecule has 0 spiro atoms. The van der Waals surface area contributed by atoms with E-state index >= 15 is 0 Å². The van der Waals surface area contributed by atoms with Crippen LogP contribution < -0.4 is 21.7 Å². The Hall–Kier alpha value is -4.01. The van der Waals surface area contributed by atoms with Crippen LogP contribution in [0.3, 0.4) is 0 Å². The Morgan fingerprint density at radius 2 is 1.50 bits per heavy atom. The molecule has 1 aromatic heterocycles. The molecule has 0 aliphatic carbocycles. The number of aliphatic carboxylic acids is 3. The standard InChI is InChI=1S/C21H32N6O9/c1-10(2)5-15(21(35)36)27-20(34)14(7-17(30)31)26-19(33)13(6-11-8-23-9-24-11)25-18(32)12(22)3-4-16(28)29/h8-10,12-15H,3-7,22H2,1-2H3,(H,23,24)(H,25,32)(H,26,33)(H,27,34)(H,28,29)(H,30,31)(H,35,36). The Morgan fingerprint density at radius 1 is 0.917 bits per heavy atom. The highest BCUT2D eigenvalue weighted by Crippen LogP contribution is 2.07. The molecule has 15 nitrogen and oxygen atoms in total. The van der Waals surface area contributed by atoms with E-state index in [4.69, 9.17) is 10.8 Å². The van der Waals surface area contributed by atoms with Crippen molar-refractivity contribution >= 4 is 35.6 Å². The van der Waals surface area contributed by atoms with Gasteiger partial charge in [0, 0.05) is 24.7 Å². The number of nitrogens with two attached hydrogens (primary N) is 1. The topological polar surface area (TPSA) is 254 Å². The van der Waals surface area contributed by atoms with Gasteiger partial charge in [0.2, 0.25) is 17.7 Å². The molecule has 4 atom stereocenters. The molecule has 200 valence electrons. The third-order valence-electron chi connectivity index (χ3n) is 4.95. The van der Waals surface area contributed by atoms with Gasteiger partial charge < -0.3 is 42.0 Å². The predicted molar refractivity (Wildman–Crippen MR) is 122 cm³/mol. The van der Waals surface area contributed by atoms with Gasteiger partial charge in [-0.25, -0.2) is 9.78 Å². The molecule has 3 amide bonds. The van der Waals surface area contributed by atoms with Crippen LogP contribution in [0.25, 0.3) is 0 Å². The first-order valence-electron chi connectivity index (χ1n) is 11.1. The van der Waals surface area contributed by atoms with Crippen LogP contribution in [-0.2, 0) is 35.2 Å². The molecule has 4 unspecified atom stereocenters. The fourth-order valence-corrected chi connectivity index (χ4v) is 3.14. The van der Waals surface area contributed by atoms with Crippen molar-refractivity contribution in [3.8, 4) is 0 Å². The van der Waals surface area contributed by atoms with E-state index in [2.05, 4.69) is 25.9 Å². The van der Waals surface area contributed by atoms with Crippen LogP contribution >= 0.6 is 0 Å². The minimum absolute atomic E-state index is 0.0710. The molecule has 15 heteroatoms. The van der Waals surface area contributed by atoms with E-state index in [1.807, 2.05) is 0 Å². The molecule has 0 saturated heterocycles. The Balaban J connectivity index is 3.05. The average Bonchev–Trinajstić information content (AvgIpc) is 3.28. The molecule has 1 heterocycles. The van der Waals surface area contributed by atoms with Gasteiger partial charge in [-0.1, -0.05) is 13.8 Å². The zero-order chi connectivity index (χ0) is 27.4. The second kappa shape index (κ2) is 14.4. The lowest BCUT2D eigenvalue weighted by Crippen LogP contribution is -2.58. The zero-order valence-corrected chi connectivity index (χ0v) is 19.9. The van der Waals surface area contributed by atoms with Crippen molar-refractivity contribution < 1.29 is 44.1 Å². The maximum Gasteiger partial charge on any atom is 0.326 e. The second-order valence-electron chi connectivity index (χ2n) is 8.57. The van der Waals surface area contributed by atoms with Crippen molar-refractivity contribution in [3.05, 3.63) is 18.2 Å².